The summed E-state index contributed by atoms with van der Waals surface area (Å²) in [5.41, 5.74) is 6.39. The lowest BCUT2D eigenvalue weighted by molar-refractivity contribution is -0.115. The molecule has 0 aliphatic carbocycles. The predicted octanol–water partition coefficient (Wildman–Crippen LogP) is 6.35. The van der Waals surface area contributed by atoms with Crippen LogP contribution in [0, 0.1) is 13.8 Å². The number of nitrogens with zero attached hydrogens (tertiary/aromatic N) is 3. The van der Waals surface area contributed by atoms with Crippen LogP contribution in [0.1, 0.15) is 49.8 Å². The van der Waals surface area contributed by atoms with Crippen molar-refractivity contribution in [2.24, 2.45) is 0 Å². The maximum atomic E-state index is 13.1. The summed E-state index contributed by atoms with van der Waals surface area (Å²) in [7, 11) is 0. The third kappa shape index (κ3) is 4.51. The van der Waals surface area contributed by atoms with Crippen LogP contribution < -0.4 is 5.32 Å². The molecule has 6 heteroatoms. The van der Waals surface area contributed by atoms with Gasteiger partial charge in [-0.05, 0) is 68.0 Å². The highest BCUT2D eigenvalue weighted by atomic mass is 32.2. The van der Waals surface area contributed by atoms with E-state index in [4.69, 9.17) is 0 Å². The highest BCUT2D eigenvalue weighted by Gasteiger charge is 2.22. The van der Waals surface area contributed by atoms with E-state index in [1.54, 1.807) is 0 Å². The normalized spacial score (nSPS) is 12.4. The zero-order chi connectivity index (χ0) is 22.7. The number of thioether (sulfide) groups is 1. The second-order valence-electron chi connectivity index (χ2n) is 8.28. The largest absolute Gasteiger partial charge is 0.325 e. The number of hydrogen-bond acceptors (Lipinski definition) is 4. The van der Waals surface area contributed by atoms with Crippen molar-refractivity contribution in [3.8, 4) is 0 Å². The average Bonchev–Trinajstić information content (AvgIpc) is 3.19. The summed E-state index contributed by atoms with van der Waals surface area (Å²) in [5.74, 6) is -0.0105. The van der Waals surface area contributed by atoms with E-state index in [0.29, 0.717) is 6.42 Å². The number of rotatable bonds is 8. The van der Waals surface area contributed by atoms with Crippen LogP contribution in [0.25, 0.3) is 16.6 Å². The molecule has 1 amide bonds. The van der Waals surface area contributed by atoms with Gasteiger partial charge in [-0.2, -0.15) is 0 Å². The van der Waals surface area contributed by atoms with Crippen molar-refractivity contribution in [2.45, 2.75) is 63.8 Å². The van der Waals surface area contributed by atoms with Gasteiger partial charge in [0.1, 0.15) is 0 Å². The van der Waals surface area contributed by atoms with E-state index in [2.05, 4.69) is 77.1 Å². The molecule has 0 aliphatic rings. The number of carbonyl (C=O) groups is 1. The maximum Gasteiger partial charge on any atom is 0.237 e. The van der Waals surface area contributed by atoms with Gasteiger partial charge >= 0.3 is 0 Å². The van der Waals surface area contributed by atoms with Crippen LogP contribution >= 0.6 is 11.8 Å². The van der Waals surface area contributed by atoms with Gasteiger partial charge < -0.3 is 5.32 Å². The molecule has 0 saturated carbocycles. The Morgan fingerprint density at radius 3 is 2.56 bits per heavy atom. The fourth-order valence-corrected chi connectivity index (χ4v) is 4.98. The fourth-order valence-electron chi connectivity index (χ4n) is 4.01. The van der Waals surface area contributed by atoms with Crippen LogP contribution in [0.2, 0.25) is 0 Å². The number of amides is 1. The maximum absolute atomic E-state index is 13.1. The number of para-hydroxylation sites is 1. The summed E-state index contributed by atoms with van der Waals surface area (Å²) in [6.07, 6.45) is 4.13. The summed E-state index contributed by atoms with van der Waals surface area (Å²) in [6, 6.07) is 16.5. The van der Waals surface area contributed by atoms with E-state index in [9.17, 15) is 4.79 Å². The van der Waals surface area contributed by atoms with Crippen molar-refractivity contribution in [3.05, 3.63) is 65.2 Å². The Kier molecular flexibility index (Phi) is 6.80. The van der Waals surface area contributed by atoms with Crippen LogP contribution in [0.4, 0.5) is 5.69 Å². The number of carbonyl (C=O) groups excluding carboxylic acids is 1. The molecule has 0 fully saturated rings. The number of aromatic nitrogens is 3. The summed E-state index contributed by atoms with van der Waals surface area (Å²) in [4.78, 5) is 13.1. The van der Waals surface area contributed by atoms with Crippen molar-refractivity contribution in [2.75, 3.05) is 5.32 Å². The highest BCUT2D eigenvalue weighted by Crippen LogP contribution is 2.31. The number of hydrogen-bond donors (Lipinski definition) is 1. The van der Waals surface area contributed by atoms with E-state index >= 15 is 0 Å². The molecular weight excluding hydrogens is 416 g/mol. The molecular formula is C26H30N4OS. The molecule has 1 N–H and O–H groups in total. The van der Waals surface area contributed by atoms with Crippen molar-refractivity contribution in [3.63, 3.8) is 0 Å². The molecule has 1 atom stereocenters. The zero-order valence-corrected chi connectivity index (χ0v) is 20.0. The SMILES string of the molecule is CCCCc1ccc(NC(=O)C(CC)Sc2nnc3cc(C)c4cccc(C)c4n23)cc1. The lowest BCUT2D eigenvalue weighted by Crippen LogP contribution is -2.24. The molecule has 166 valence electrons. The Hall–Kier alpha value is -2.86. The van der Waals surface area contributed by atoms with Crippen LogP contribution in [-0.4, -0.2) is 25.8 Å². The number of pyridine rings is 1. The van der Waals surface area contributed by atoms with Gasteiger partial charge in [0.25, 0.3) is 0 Å². The molecule has 32 heavy (non-hydrogen) atoms. The summed E-state index contributed by atoms with van der Waals surface area (Å²) < 4.78 is 2.08. The molecule has 0 saturated heterocycles. The van der Waals surface area contributed by atoms with Crippen LogP contribution in [0.5, 0.6) is 0 Å². The van der Waals surface area contributed by atoms with Crippen LogP contribution in [-0.2, 0) is 11.2 Å². The van der Waals surface area contributed by atoms with Gasteiger partial charge in [0.15, 0.2) is 10.8 Å². The molecule has 0 aliphatic heterocycles. The molecule has 1 unspecified atom stereocenters. The van der Waals surface area contributed by atoms with Gasteiger partial charge in [-0.15, -0.1) is 10.2 Å². The van der Waals surface area contributed by atoms with Crippen molar-refractivity contribution < 1.29 is 4.79 Å². The first kappa shape index (κ1) is 22.3. The number of benzene rings is 2. The molecule has 2 aromatic carbocycles. The number of nitrogens with one attached hydrogen (secondary N) is 1. The van der Waals surface area contributed by atoms with Crippen LogP contribution in [0.3, 0.4) is 0 Å². The minimum absolute atomic E-state index is 0.0105. The molecule has 2 aromatic heterocycles. The molecule has 2 heterocycles. The second-order valence-corrected chi connectivity index (χ2v) is 9.45. The Morgan fingerprint density at radius 2 is 1.84 bits per heavy atom. The van der Waals surface area contributed by atoms with Crippen molar-refractivity contribution in [1.29, 1.82) is 0 Å². The van der Waals surface area contributed by atoms with Gasteiger partial charge in [0.05, 0.1) is 10.8 Å². The average molecular weight is 447 g/mol. The first-order valence-corrected chi connectivity index (χ1v) is 12.2. The third-order valence-electron chi connectivity index (χ3n) is 5.84. The fraction of sp³-hybridized carbons (Fsp3) is 0.346. The number of fused-ring (bicyclic) bond motifs is 3. The molecule has 0 spiro atoms. The Bertz CT molecular complexity index is 1250. The van der Waals surface area contributed by atoms with E-state index in [1.165, 1.54) is 46.7 Å². The smallest absolute Gasteiger partial charge is 0.237 e. The van der Waals surface area contributed by atoms with Crippen molar-refractivity contribution >= 4 is 39.9 Å². The quantitative estimate of drug-likeness (QED) is 0.320. The monoisotopic (exact) mass is 446 g/mol. The van der Waals surface area contributed by atoms with Gasteiger partial charge in [-0.1, -0.05) is 62.4 Å². The van der Waals surface area contributed by atoms with Crippen molar-refractivity contribution in [1.82, 2.24) is 14.6 Å². The van der Waals surface area contributed by atoms with E-state index in [0.717, 1.165) is 28.4 Å². The van der Waals surface area contributed by atoms with Crippen LogP contribution in [0.15, 0.2) is 53.7 Å². The standard InChI is InChI=1S/C26H30N4OS/c1-5-7-10-19-12-14-20(15-13-19)27-25(31)22(6-2)32-26-29-28-23-16-18(4)21-11-8-9-17(3)24(21)30(23)26/h8-9,11-16,22H,5-7,10H2,1-4H3,(H,27,31). The second kappa shape index (κ2) is 9.74. The number of aryl methyl sites for hydroxylation is 3. The Morgan fingerprint density at radius 1 is 1.06 bits per heavy atom. The summed E-state index contributed by atoms with van der Waals surface area (Å²) in [5, 5.41) is 13.6. The summed E-state index contributed by atoms with van der Waals surface area (Å²) in [6.45, 7) is 8.42. The lowest BCUT2D eigenvalue weighted by Gasteiger charge is -2.15. The highest BCUT2D eigenvalue weighted by molar-refractivity contribution is 8.00. The molecule has 5 nitrogen and oxygen atoms in total. The molecule has 0 bridgehead atoms. The Balaban J connectivity index is 1.58. The minimum atomic E-state index is -0.262. The lowest BCUT2D eigenvalue weighted by atomic mass is 10.1. The van der Waals surface area contributed by atoms with Gasteiger partial charge in [-0.25, -0.2) is 0 Å². The summed E-state index contributed by atoms with van der Waals surface area (Å²) >= 11 is 1.47. The van der Waals surface area contributed by atoms with E-state index < -0.39 is 0 Å². The third-order valence-corrected chi connectivity index (χ3v) is 7.15. The van der Waals surface area contributed by atoms with Gasteiger partial charge in [0.2, 0.25) is 5.91 Å². The predicted molar refractivity (Wildman–Crippen MR) is 134 cm³/mol. The zero-order valence-electron chi connectivity index (χ0n) is 19.2. The minimum Gasteiger partial charge on any atom is -0.325 e. The Labute approximate surface area is 193 Å². The molecule has 4 rings (SSSR count). The topological polar surface area (TPSA) is 59.3 Å². The van der Waals surface area contributed by atoms with Gasteiger partial charge in [0, 0.05) is 11.1 Å². The first-order chi connectivity index (χ1) is 15.5. The number of unbranched alkanes of at least 4 members (excludes halogenated alkanes) is 1. The van der Waals surface area contributed by atoms with Gasteiger partial charge in [-0.3, -0.25) is 9.20 Å². The first-order valence-electron chi connectivity index (χ1n) is 11.3. The van der Waals surface area contributed by atoms with E-state index in [-0.39, 0.29) is 11.2 Å². The van der Waals surface area contributed by atoms with E-state index in [1.807, 2.05) is 19.1 Å². The molecule has 4 aromatic rings. The number of anilines is 1. The molecule has 0 radical (unpaired) electrons.